The van der Waals surface area contributed by atoms with Crippen LogP contribution in [0, 0.1) is 0 Å². The van der Waals surface area contributed by atoms with Crippen LogP contribution in [0.3, 0.4) is 0 Å². The maximum absolute atomic E-state index is 8.36. The average molecular weight is 134 g/mol. The molecule has 1 N–H and O–H groups in total. The van der Waals surface area contributed by atoms with Gasteiger partial charge in [0.2, 0.25) is 0 Å². The minimum absolute atomic E-state index is 0.250. The summed E-state index contributed by atoms with van der Waals surface area (Å²) in [6, 6.07) is 0. The standard InChI is InChI=1S/C4H8O2.CH2O2/c1-2-4-6-5-3-1;2-1-3/h1-4H2;1H,(H,2,3). The third kappa shape index (κ3) is 7.39. The third-order valence-corrected chi connectivity index (χ3v) is 0.789. The summed E-state index contributed by atoms with van der Waals surface area (Å²) in [5.74, 6) is 0. The van der Waals surface area contributed by atoms with E-state index in [1.54, 1.807) is 0 Å². The molecule has 1 saturated heterocycles. The molecule has 0 aliphatic carbocycles. The van der Waals surface area contributed by atoms with Crippen molar-refractivity contribution in [3.8, 4) is 0 Å². The Morgan fingerprint density at radius 2 is 1.56 bits per heavy atom. The van der Waals surface area contributed by atoms with E-state index in [0.29, 0.717) is 0 Å². The zero-order chi connectivity index (χ0) is 6.95. The summed E-state index contributed by atoms with van der Waals surface area (Å²) < 4.78 is 0. The van der Waals surface area contributed by atoms with E-state index >= 15 is 0 Å². The van der Waals surface area contributed by atoms with Crippen LogP contribution in [0.15, 0.2) is 0 Å². The van der Waals surface area contributed by atoms with Gasteiger partial charge in [-0.05, 0) is 12.8 Å². The zero-order valence-electron chi connectivity index (χ0n) is 5.08. The van der Waals surface area contributed by atoms with Crippen molar-refractivity contribution < 1.29 is 19.7 Å². The lowest BCUT2D eigenvalue weighted by Crippen LogP contribution is -2.05. The molecule has 0 atom stereocenters. The third-order valence-electron chi connectivity index (χ3n) is 0.789. The van der Waals surface area contributed by atoms with Crippen molar-refractivity contribution in [3.05, 3.63) is 0 Å². The maximum atomic E-state index is 8.36. The number of hydrogen-bond acceptors (Lipinski definition) is 3. The molecule has 4 nitrogen and oxygen atoms in total. The van der Waals surface area contributed by atoms with Crippen molar-refractivity contribution in [3.63, 3.8) is 0 Å². The Labute approximate surface area is 53.3 Å². The molecule has 0 spiro atoms. The van der Waals surface area contributed by atoms with Crippen LogP contribution in [0.5, 0.6) is 0 Å². The largest absolute Gasteiger partial charge is 0.483 e. The fourth-order valence-corrected chi connectivity index (χ4v) is 0.440. The van der Waals surface area contributed by atoms with Crippen LogP contribution in [0.4, 0.5) is 0 Å². The van der Waals surface area contributed by atoms with Gasteiger partial charge in [0.1, 0.15) is 0 Å². The Morgan fingerprint density at radius 3 is 1.67 bits per heavy atom. The molecule has 9 heavy (non-hydrogen) atoms. The Bertz CT molecular complexity index is 48.5. The topological polar surface area (TPSA) is 55.8 Å². The van der Waals surface area contributed by atoms with Crippen LogP contribution in [0.1, 0.15) is 12.8 Å². The van der Waals surface area contributed by atoms with Gasteiger partial charge in [-0.3, -0.25) is 4.79 Å². The highest BCUT2D eigenvalue weighted by atomic mass is 17.2. The van der Waals surface area contributed by atoms with Gasteiger partial charge >= 0.3 is 0 Å². The molecule has 4 heteroatoms. The highest BCUT2D eigenvalue weighted by Gasteiger charge is 1.95. The highest BCUT2D eigenvalue weighted by molar-refractivity contribution is 5.32. The summed E-state index contributed by atoms with van der Waals surface area (Å²) in [6.45, 7) is 1.31. The molecule has 54 valence electrons. The molecule has 1 heterocycles. The second-order valence-electron chi connectivity index (χ2n) is 1.46. The predicted molar refractivity (Wildman–Crippen MR) is 29.8 cm³/mol. The van der Waals surface area contributed by atoms with Crippen molar-refractivity contribution in [1.29, 1.82) is 0 Å². The van der Waals surface area contributed by atoms with E-state index < -0.39 is 0 Å². The second kappa shape index (κ2) is 7.39. The van der Waals surface area contributed by atoms with E-state index in [2.05, 4.69) is 9.78 Å². The molecule has 1 aliphatic rings. The van der Waals surface area contributed by atoms with Crippen LogP contribution in [0.25, 0.3) is 0 Å². The fourth-order valence-electron chi connectivity index (χ4n) is 0.440. The van der Waals surface area contributed by atoms with E-state index in [4.69, 9.17) is 9.90 Å². The molecular weight excluding hydrogens is 124 g/mol. The van der Waals surface area contributed by atoms with Gasteiger partial charge in [-0.15, -0.1) is 0 Å². The smallest absolute Gasteiger partial charge is 0.290 e. The molecular formula is C5H10O4. The van der Waals surface area contributed by atoms with Crippen molar-refractivity contribution in [2.45, 2.75) is 12.8 Å². The Kier molecular flexibility index (Phi) is 6.89. The number of carbonyl (C=O) groups is 1. The second-order valence-corrected chi connectivity index (χ2v) is 1.46. The summed E-state index contributed by atoms with van der Waals surface area (Å²) in [4.78, 5) is 17.5. The summed E-state index contributed by atoms with van der Waals surface area (Å²) in [5.41, 5.74) is 0. The number of carboxylic acid groups (broad SMARTS) is 1. The highest BCUT2D eigenvalue weighted by Crippen LogP contribution is 1.97. The molecule has 0 aromatic carbocycles. The first-order valence-electron chi connectivity index (χ1n) is 2.74. The molecule has 0 bridgehead atoms. The van der Waals surface area contributed by atoms with E-state index in [9.17, 15) is 0 Å². The number of hydrogen-bond donors (Lipinski definition) is 1. The Hall–Kier alpha value is -0.610. The zero-order valence-corrected chi connectivity index (χ0v) is 5.08. The molecule has 1 aliphatic heterocycles. The van der Waals surface area contributed by atoms with Crippen molar-refractivity contribution in [2.24, 2.45) is 0 Å². The van der Waals surface area contributed by atoms with E-state index in [1.807, 2.05) is 0 Å². The van der Waals surface area contributed by atoms with Crippen LogP contribution < -0.4 is 0 Å². The summed E-state index contributed by atoms with van der Waals surface area (Å²) in [5, 5.41) is 6.89. The molecule has 0 aromatic rings. The van der Waals surface area contributed by atoms with Crippen LogP contribution in [-0.4, -0.2) is 24.8 Å². The summed E-state index contributed by atoms with van der Waals surface area (Å²) in [6.07, 6.45) is 2.31. The predicted octanol–water partition coefficient (Wildman–Crippen LogP) is 0.429. The van der Waals surface area contributed by atoms with Crippen molar-refractivity contribution in [1.82, 2.24) is 0 Å². The summed E-state index contributed by atoms with van der Waals surface area (Å²) in [7, 11) is 0. The van der Waals surface area contributed by atoms with Crippen LogP contribution >= 0.6 is 0 Å². The maximum Gasteiger partial charge on any atom is 0.290 e. The van der Waals surface area contributed by atoms with Gasteiger partial charge in [-0.25, -0.2) is 9.78 Å². The van der Waals surface area contributed by atoms with Crippen LogP contribution in [-0.2, 0) is 14.6 Å². The quantitative estimate of drug-likeness (QED) is 0.385. The molecule has 0 saturated carbocycles. The molecule has 0 aromatic heterocycles. The first-order chi connectivity index (χ1) is 4.41. The molecule has 0 amide bonds. The minimum Gasteiger partial charge on any atom is -0.483 e. The summed E-state index contributed by atoms with van der Waals surface area (Å²) >= 11 is 0. The Morgan fingerprint density at radius 1 is 1.22 bits per heavy atom. The SMILES string of the molecule is C1CCOOC1.O=CO. The van der Waals surface area contributed by atoms with Gasteiger partial charge in [-0.2, -0.15) is 0 Å². The van der Waals surface area contributed by atoms with Crippen LogP contribution in [0.2, 0.25) is 0 Å². The lowest BCUT2D eigenvalue weighted by atomic mass is 10.3. The van der Waals surface area contributed by atoms with Gasteiger partial charge in [-0.1, -0.05) is 0 Å². The number of rotatable bonds is 0. The van der Waals surface area contributed by atoms with Crippen molar-refractivity contribution in [2.75, 3.05) is 13.2 Å². The minimum atomic E-state index is -0.250. The molecule has 1 rings (SSSR count). The van der Waals surface area contributed by atoms with Gasteiger partial charge < -0.3 is 5.11 Å². The van der Waals surface area contributed by atoms with Gasteiger partial charge in [0.05, 0.1) is 13.2 Å². The van der Waals surface area contributed by atoms with Gasteiger partial charge in [0, 0.05) is 0 Å². The van der Waals surface area contributed by atoms with Crippen molar-refractivity contribution >= 4 is 6.47 Å². The fraction of sp³-hybridized carbons (Fsp3) is 0.800. The lowest BCUT2D eigenvalue weighted by molar-refractivity contribution is -0.312. The normalized spacial score (nSPS) is 17.3. The Balaban J connectivity index is 0.000000187. The average Bonchev–Trinajstić information content (AvgIpc) is 1.93. The van der Waals surface area contributed by atoms with E-state index in [1.165, 1.54) is 0 Å². The first-order valence-corrected chi connectivity index (χ1v) is 2.74. The first kappa shape index (κ1) is 8.39. The molecule has 0 radical (unpaired) electrons. The van der Waals surface area contributed by atoms with Gasteiger partial charge in [0.15, 0.2) is 0 Å². The van der Waals surface area contributed by atoms with E-state index in [-0.39, 0.29) is 6.47 Å². The lowest BCUT2D eigenvalue weighted by Gasteiger charge is -2.07. The molecule has 0 unspecified atom stereocenters. The van der Waals surface area contributed by atoms with E-state index in [0.717, 1.165) is 26.1 Å². The monoisotopic (exact) mass is 134 g/mol. The molecule has 1 fully saturated rings. The van der Waals surface area contributed by atoms with Gasteiger partial charge in [0.25, 0.3) is 6.47 Å².